The average molecular weight is 329 g/mol. The molecule has 0 aliphatic rings. The Morgan fingerprint density at radius 3 is 2.89 bits per heavy atom. The van der Waals surface area contributed by atoms with Crippen LogP contribution in [0.15, 0.2) is 35.1 Å². The molecular formula is C13H15BrClN3. The summed E-state index contributed by atoms with van der Waals surface area (Å²) < 4.78 is 2.84. The van der Waals surface area contributed by atoms with Crippen LogP contribution in [0.1, 0.15) is 24.1 Å². The van der Waals surface area contributed by atoms with Gasteiger partial charge in [-0.1, -0.05) is 33.6 Å². The highest BCUT2D eigenvalue weighted by molar-refractivity contribution is 9.10. The summed E-state index contributed by atoms with van der Waals surface area (Å²) in [5.74, 6) is 0. The first kappa shape index (κ1) is 13.6. The first-order valence-corrected chi connectivity index (χ1v) is 6.89. The van der Waals surface area contributed by atoms with Gasteiger partial charge in [0.2, 0.25) is 0 Å². The highest BCUT2D eigenvalue weighted by atomic mass is 79.9. The fourth-order valence-corrected chi connectivity index (χ4v) is 2.53. The van der Waals surface area contributed by atoms with E-state index in [0.717, 1.165) is 16.0 Å². The number of nitrogens with zero attached hydrogens (tertiary/aromatic N) is 2. The molecule has 0 fully saturated rings. The third-order valence-corrected chi connectivity index (χ3v) is 3.81. The summed E-state index contributed by atoms with van der Waals surface area (Å²) >= 11 is 9.43. The molecule has 18 heavy (non-hydrogen) atoms. The van der Waals surface area contributed by atoms with Crippen molar-refractivity contribution in [3.05, 3.63) is 51.2 Å². The molecule has 0 saturated heterocycles. The van der Waals surface area contributed by atoms with E-state index >= 15 is 0 Å². The molecule has 1 heterocycles. The number of hydrogen-bond acceptors (Lipinski definition) is 2. The lowest BCUT2D eigenvalue weighted by Crippen LogP contribution is -2.17. The van der Waals surface area contributed by atoms with Gasteiger partial charge < -0.3 is 5.32 Å². The van der Waals surface area contributed by atoms with Crippen LogP contribution in [0.2, 0.25) is 5.02 Å². The molecular weight excluding hydrogens is 314 g/mol. The highest BCUT2D eigenvalue weighted by Gasteiger charge is 2.08. The summed E-state index contributed by atoms with van der Waals surface area (Å²) in [5.41, 5.74) is 2.37. The normalized spacial score (nSPS) is 12.7. The maximum atomic E-state index is 5.92. The van der Waals surface area contributed by atoms with Crippen LogP contribution in [0.5, 0.6) is 0 Å². The van der Waals surface area contributed by atoms with E-state index in [9.17, 15) is 0 Å². The second-order valence-corrected chi connectivity index (χ2v) is 5.58. The molecule has 1 aromatic heterocycles. The average Bonchev–Trinajstić information content (AvgIpc) is 2.74. The Kier molecular flexibility index (Phi) is 4.43. The molecule has 1 atom stereocenters. The lowest BCUT2D eigenvalue weighted by molar-refractivity contribution is 0.573. The molecule has 1 aromatic carbocycles. The summed E-state index contributed by atoms with van der Waals surface area (Å²) in [6.45, 7) is 2.91. The van der Waals surface area contributed by atoms with E-state index < -0.39 is 0 Å². The van der Waals surface area contributed by atoms with Gasteiger partial charge in [0.25, 0.3) is 0 Å². The number of rotatable bonds is 4. The Morgan fingerprint density at radius 2 is 2.28 bits per heavy atom. The maximum Gasteiger partial charge on any atom is 0.0537 e. The molecule has 0 saturated carbocycles. The summed E-state index contributed by atoms with van der Waals surface area (Å²) in [4.78, 5) is 0. The molecule has 0 aliphatic heterocycles. The van der Waals surface area contributed by atoms with Gasteiger partial charge in [0.05, 0.1) is 6.20 Å². The topological polar surface area (TPSA) is 29.9 Å². The van der Waals surface area contributed by atoms with E-state index in [2.05, 4.69) is 33.3 Å². The summed E-state index contributed by atoms with van der Waals surface area (Å²) in [7, 11) is 1.92. The Morgan fingerprint density at radius 1 is 1.50 bits per heavy atom. The van der Waals surface area contributed by atoms with Gasteiger partial charge in [-0.15, -0.1) is 0 Å². The SMILES string of the molecule is CC(NCc1ccc(Cl)cc1Br)c1cnn(C)c1. The number of hydrogen-bond donors (Lipinski definition) is 1. The third-order valence-electron chi connectivity index (χ3n) is 2.84. The van der Waals surface area contributed by atoms with Crippen LogP contribution in [0.4, 0.5) is 0 Å². The zero-order chi connectivity index (χ0) is 13.1. The molecule has 0 radical (unpaired) electrons. The van der Waals surface area contributed by atoms with Gasteiger partial charge in [-0.2, -0.15) is 5.10 Å². The molecule has 0 bridgehead atoms. The van der Waals surface area contributed by atoms with E-state index in [0.29, 0.717) is 0 Å². The summed E-state index contributed by atoms with van der Waals surface area (Å²) in [5, 5.41) is 8.38. The van der Waals surface area contributed by atoms with Crippen molar-refractivity contribution in [1.29, 1.82) is 0 Å². The van der Waals surface area contributed by atoms with E-state index in [1.54, 1.807) is 0 Å². The van der Waals surface area contributed by atoms with Gasteiger partial charge in [0.1, 0.15) is 0 Å². The molecule has 96 valence electrons. The number of halogens is 2. The van der Waals surface area contributed by atoms with E-state index in [1.807, 2.05) is 42.3 Å². The van der Waals surface area contributed by atoms with Crippen LogP contribution in [0.25, 0.3) is 0 Å². The fraction of sp³-hybridized carbons (Fsp3) is 0.308. The van der Waals surface area contributed by atoms with Gasteiger partial charge in [-0.05, 0) is 24.6 Å². The molecule has 3 nitrogen and oxygen atoms in total. The number of aryl methyl sites for hydroxylation is 1. The van der Waals surface area contributed by atoms with Gasteiger partial charge in [0.15, 0.2) is 0 Å². The number of benzene rings is 1. The minimum absolute atomic E-state index is 0.265. The largest absolute Gasteiger partial charge is 0.306 e. The number of aromatic nitrogens is 2. The van der Waals surface area contributed by atoms with Gasteiger partial charge >= 0.3 is 0 Å². The quantitative estimate of drug-likeness (QED) is 0.927. The second kappa shape index (κ2) is 5.87. The van der Waals surface area contributed by atoms with Crippen LogP contribution >= 0.6 is 27.5 Å². The fourth-order valence-electron chi connectivity index (χ4n) is 1.71. The molecule has 2 rings (SSSR count). The van der Waals surface area contributed by atoms with Crippen molar-refractivity contribution < 1.29 is 0 Å². The predicted octanol–water partition coefficient (Wildman–Crippen LogP) is 3.69. The Labute approximate surface area is 120 Å². The Bertz CT molecular complexity index is 539. The second-order valence-electron chi connectivity index (χ2n) is 4.29. The standard InChI is InChI=1S/C13H15BrClN3/c1-9(11-7-17-18(2)8-11)16-6-10-3-4-12(15)5-13(10)14/h3-5,7-9,16H,6H2,1-2H3. The lowest BCUT2D eigenvalue weighted by atomic mass is 10.1. The van der Waals surface area contributed by atoms with Crippen LogP contribution in [0, 0.1) is 0 Å². The molecule has 2 aromatic rings. The maximum absolute atomic E-state index is 5.92. The van der Waals surface area contributed by atoms with Crippen molar-refractivity contribution in [2.45, 2.75) is 19.5 Å². The number of nitrogens with one attached hydrogen (secondary N) is 1. The minimum Gasteiger partial charge on any atom is -0.306 e. The molecule has 0 aliphatic carbocycles. The molecule has 0 amide bonds. The van der Waals surface area contributed by atoms with Crippen LogP contribution in [0.3, 0.4) is 0 Å². The molecule has 0 spiro atoms. The molecule has 1 unspecified atom stereocenters. The highest BCUT2D eigenvalue weighted by Crippen LogP contribution is 2.22. The zero-order valence-corrected chi connectivity index (χ0v) is 12.7. The van der Waals surface area contributed by atoms with Crippen molar-refractivity contribution in [3.8, 4) is 0 Å². The van der Waals surface area contributed by atoms with E-state index in [4.69, 9.17) is 11.6 Å². The monoisotopic (exact) mass is 327 g/mol. The zero-order valence-electron chi connectivity index (χ0n) is 10.3. The summed E-state index contributed by atoms with van der Waals surface area (Å²) in [6.07, 6.45) is 3.91. The van der Waals surface area contributed by atoms with Crippen LogP contribution in [-0.4, -0.2) is 9.78 Å². The van der Waals surface area contributed by atoms with Crippen molar-refractivity contribution in [3.63, 3.8) is 0 Å². The van der Waals surface area contributed by atoms with Gasteiger partial charge in [0, 0.05) is 40.9 Å². The Balaban J connectivity index is 1.99. The van der Waals surface area contributed by atoms with Crippen LogP contribution in [-0.2, 0) is 13.6 Å². The van der Waals surface area contributed by atoms with Crippen molar-refractivity contribution in [2.24, 2.45) is 7.05 Å². The van der Waals surface area contributed by atoms with E-state index in [1.165, 1.54) is 11.1 Å². The van der Waals surface area contributed by atoms with Gasteiger partial charge in [-0.25, -0.2) is 0 Å². The molecule has 5 heteroatoms. The lowest BCUT2D eigenvalue weighted by Gasteiger charge is -2.13. The predicted molar refractivity (Wildman–Crippen MR) is 77.6 cm³/mol. The van der Waals surface area contributed by atoms with E-state index in [-0.39, 0.29) is 6.04 Å². The summed E-state index contributed by atoms with van der Waals surface area (Å²) in [6, 6.07) is 6.10. The first-order chi connectivity index (χ1) is 8.56. The molecule has 1 N–H and O–H groups in total. The van der Waals surface area contributed by atoms with Crippen molar-refractivity contribution in [2.75, 3.05) is 0 Å². The first-order valence-electron chi connectivity index (χ1n) is 5.72. The van der Waals surface area contributed by atoms with Crippen molar-refractivity contribution in [1.82, 2.24) is 15.1 Å². The minimum atomic E-state index is 0.265. The van der Waals surface area contributed by atoms with Gasteiger partial charge in [-0.3, -0.25) is 4.68 Å². The third kappa shape index (κ3) is 3.34. The van der Waals surface area contributed by atoms with Crippen molar-refractivity contribution >= 4 is 27.5 Å². The smallest absolute Gasteiger partial charge is 0.0537 e. The Hall–Kier alpha value is -0.840. The van der Waals surface area contributed by atoms with Crippen LogP contribution < -0.4 is 5.32 Å².